The van der Waals surface area contributed by atoms with E-state index in [2.05, 4.69) is 49.9 Å². The Morgan fingerprint density at radius 3 is 2.24 bits per heavy atom. The van der Waals surface area contributed by atoms with Crippen LogP contribution in [0, 0.1) is 22.7 Å². The molecule has 8 heteroatoms. The van der Waals surface area contributed by atoms with Crippen LogP contribution in [0.3, 0.4) is 0 Å². The summed E-state index contributed by atoms with van der Waals surface area (Å²) >= 11 is 0. The number of amides is 1. The lowest BCUT2D eigenvalue weighted by atomic mass is 9.69. The van der Waals surface area contributed by atoms with Gasteiger partial charge >= 0.3 is 5.97 Å². The maximum absolute atomic E-state index is 13.7. The molecule has 212 valence electrons. The lowest BCUT2D eigenvalue weighted by Gasteiger charge is -2.40. The first-order valence-corrected chi connectivity index (χ1v) is 14.2. The Balaban J connectivity index is 1.69. The minimum atomic E-state index is -1.04. The smallest absolute Gasteiger partial charge is 0.326 e. The Kier molecular flexibility index (Phi) is 9.60. The number of rotatable bonds is 13. The average molecular weight is 528 g/mol. The van der Waals surface area contributed by atoms with Gasteiger partial charge in [-0.15, -0.1) is 0 Å². The summed E-state index contributed by atoms with van der Waals surface area (Å²) in [5.41, 5.74) is 12.5. The molecule has 0 aromatic heterocycles. The van der Waals surface area contributed by atoms with E-state index in [1.165, 1.54) is 31.9 Å². The van der Waals surface area contributed by atoms with Crippen molar-refractivity contribution in [3.63, 3.8) is 0 Å². The van der Waals surface area contributed by atoms with Gasteiger partial charge in [-0.25, -0.2) is 4.79 Å². The molecule has 3 aliphatic carbocycles. The molecular weight excluding hydrogens is 478 g/mol. The zero-order chi connectivity index (χ0) is 28.1. The van der Waals surface area contributed by atoms with Gasteiger partial charge in [-0.3, -0.25) is 4.79 Å². The highest BCUT2D eigenvalue weighted by Gasteiger charge is 2.61. The maximum atomic E-state index is 13.7. The predicted molar refractivity (Wildman–Crippen MR) is 152 cm³/mol. The molecule has 1 amide bonds. The molecule has 0 unspecified atom stereocenters. The van der Waals surface area contributed by atoms with E-state index in [9.17, 15) is 14.7 Å². The predicted octanol–water partition coefficient (Wildman–Crippen LogP) is 4.02. The molecule has 0 spiro atoms. The average Bonchev–Trinajstić information content (AvgIpc) is 3.19. The van der Waals surface area contributed by atoms with E-state index >= 15 is 0 Å². The van der Waals surface area contributed by atoms with Crippen LogP contribution in [0.4, 0.5) is 0 Å². The zero-order valence-electron chi connectivity index (χ0n) is 23.5. The molecule has 3 aliphatic rings. The summed E-state index contributed by atoms with van der Waals surface area (Å²) in [5, 5.41) is 19.5. The SMILES string of the molecule is C=C(N)/C=C\C(=C/N)C[C@H](NC(=C)N[C@H](CC1CCCCC1)C(=O)N[C@H]1C[C@H]2CC[C@]1(C)C2(C)C)C(=O)O. The topological polar surface area (TPSA) is 142 Å². The third-order valence-corrected chi connectivity index (χ3v) is 9.88. The number of carbonyl (C=O) groups is 2. The fraction of sp³-hybridized carbons (Fsp3) is 0.667. The van der Waals surface area contributed by atoms with E-state index in [-0.39, 0.29) is 29.2 Å². The van der Waals surface area contributed by atoms with Crippen molar-refractivity contribution in [3.05, 3.63) is 48.6 Å². The van der Waals surface area contributed by atoms with Crippen LogP contribution in [-0.2, 0) is 9.59 Å². The first-order chi connectivity index (χ1) is 17.9. The number of hydrogen-bond donors (Lipinski definition) is 6. The molecule has 3 rings (SSSR count). The van der Waals surface area contributed by atoms with Gasteiger partial charge in [0.15, 0.2) is 0 Å². The second-order valence-electron chi connectivity index (χ2n) is 12.5. The van der Waals surface area contributed by atoms with Gasteiger partial charge in [0.05, 0.1) is 5.82 Å². The highest BCUT2D eigenvalue weighted by atomic mass is 16.4. The minimum absolute atomic E-state index is 0.0214. The Bertz CT molecular complexity index is 965. The molecule has 8 N–H and O–H groups in total. The van der Waals surface area contributed by atoms with Gasteiger partial charge < -0.3 is 32.5 Å². The van der Waals surface area contributed by atoms with Gasteiger partial charge in [-0.2, -0.15) is 0 Å². The summed E-state index contributed by atoms with van der Waals surface area (Å²) in [7, 11) is 0. The normalized spacial score (nSPS) is 28.6. The lowest BCUT2D eigenvalue weighted by molar-refractivity contribution is -0.139. The summed E-state index contributed by atoms with van der Waals surface area (Å²) in [6, 6.07) is -1.32. The Labute approximate surface area is 228 Å². The number of carbonyl (C=O) groups excluding carboxylic acids is 1. The fourth-order valence-corrected chi connectivity index (χ4v) is 6.99. The van der Waals surface area contributed by atoms with Crippen molar-refractivity contribution in [1.82, 2.24) is 16.0 Å². The third-order valence-electron chi connectivity index (χ3n) is 9.88. The summed E-state index contributed by atoms with van der Waals surface area (Å²) < 4.78 is 0. The number of carboxylic acid groups (broad SMARTS) is 1. The molecule has 5 atom stereocenters. The molecule has 3 fully saturated rings. The van der Waals surface area contributed by atoms with Crippen LogP contribution < -0.4 is 27.4 Å². The third kappa shape index (κ3) is 6.75. The quantitative estimate of drug-likeness (QED) is 0.199. The van der Waals surface area contributed by atoms with E-state index in [1.807, 2.05) is 0 Å². The molecule has 0 aromatic carbocycles. The van der Waals surface area contributed by atoms with Crippen LogP contribution in [0.25, 0.3) is 0 Å². The summed E-state index contributed by atoms with van der Waals surface area (Å²) in [5.74, 6) is 0.343. The number of allylic oxidation sites excluding steroid dienone is 2. The molecule has 0 aromatic rings. The lowest BCUT2D eigenvalue weighted by Crippen LogP contribution is -2.54. The highest BCUT2D eigenvalue weighted by Crippen LogP contribution is 2.65. The Morgan fingerprint density at radius 2 is 1.71 bits per heavy atom. The van der Waals surface area contributed by atoms with Crippen LogP contribution in [0.5, 0.6) is 0 Å². The van der Waals surface area contributed by atoms with E-state index in [0.29, 0.717) is 35.3 Å². The summed E-state index contributed by atoms with van der Waals surface area (Å²) in [4.78, 5) is 25.7. The monoisotopic (exact) mass is 527 g/mol. The first-order valence-electron chi connectivity index (χ1n) is 14.2. The van der Waals surface area contributed by atoms with Gasteiger partial charge in [0.1, 0.15) is 12.1 Å². The molecular formula is C30H49N5O3. The van der Waals surface area contributed by atoms with Crippen molar-refractivity contribution in [2.45, 2.75) is 103 Å². The van der Waals surface area contributed by atoms with Crippen molar-refractivity contribution < 1.29 is 14.7 Å². The van der Waals surface area contributed by atoms with Gasteiger partial charge in [-0.05, 0) is 66.2 Å². The molecule has 3 saturated carbocycles. The fourth-order valence-electron chi connectivity index (χ4n) is 6.99. The standard InChI is InChI=1S/C30H49N5O3/c1-19(32)11-12-22(18-31)16-25(28(37)38)34-20(2)33-24(15-21-9-7-6-8-10-21)27(36)35-26-17-23-13-14-30(26,5)29(23,3)4/h11-12,18,21,23-26,33-34H,1-2,6-10,13-17,31-32H2,3-5H3,(H,35,36)(H,37,38)/b12-11-,22-18+/t23-,24-,25+,26+,30+/m1/s1. The number of hydrogen-bond acceptors (Lipinski definition) is 6. The van der Waals surface area contributed by atoms with Crippen LogP contribution in [0.1, 0.15) is 85.0 Å². The summed E-state index contributed by atoms with van der Waals surface area (Å²) in [6.07, 6.45) is 14.6. The molecule has 2 bridgehead atoms. The number of carboxylic acids is 1. The molecule has 0 radical (unpaired) electrons. The van der Waals surface area contributed by atoms with Crippen LogP contribution >= 0.6 is 0 Å². The van der Waals surface area contributed by atoms with E-state index < -0.39 is 18.1 Å². The van der Waals surface area contributed by atoms with Crippen molar-refractivity contribution >= 4 is 11.9 Å². The van der Waals surface area contributed by atoms with Gasteiger partial charge in [0.2, 0.25) is 5.91 Å². The number of fused-ring (bicyclic) bond motifs is 2. The van der Waals surface area contributed by atoms with Crippen molar-refractivity contribution in [1.29, 1.82) is 0 Å². The number of aliphatic carboxylic acids is 1. The molecule has 0 aliphatic heterocycles. The second kappa shape index (κ2) is 12.3. The van der Waals surface area contributed by atoms with Crippen molar-refractivity contribution in [2.75, 3.05) is 0 Å². The second-order valence-corrected chi connectivity index (χ2v) is 12.5. The number of nitrogens with one attached hydrogen (secondary N) is 3. The molecule has 38 heavy (non-hydrogen) atoms. The van der Waals surface area contributed by atoms with E-state index in [4.69, 9.17) is 11.5 Å². The summed E-state index contributed by atoms with van der Waals surface area (Å²) in [6.45, 7) is 14.7. The van der Waals surface area contributed by atoms with Crippen molar-refractivity contribution in [2.24, 2.45) is 34.1 Å². The zero-order valence-corrected chi connectivity index (χ0v) is 23.5. The van der Waals surface area contributed by atoms with Gasteiger partial charge in [0, 0.05) is 18.2 Å². The molecule has 8 nitrogen and oxygen atoms in total. The number of nitrogens with two attached hydrogens (primary N) is 2. The highest BCUT2D eigenvalue weighted by molar-refractivity contribution is 5.82. The molecule has 0 saturated heterocycles. The van der Waals surface area contributed by atoms with Gasteiger partial charge in [0.25, 0.3) is 0 Å². The Morgan fingerprint density at radius 1 is 1.05 bits per heavy atom. The van der Waals surface area contributed by atoms with Crippen LogP contribution in [0.15, 0.2) is 48.6 Å². The largest absolute Gasteiger partial charge is 0.480 e. The van der Waals surface area contributed by atoms with Crippen molar-refractivity contribution in [3.8, 4) is 0 Å². The van der Waals surface area contributed by atoms with E-state index in [1.54, 1.807) is 12.2 Å². The first kappa shape index (κ1) is 29.7. The van der Waals surface area contributed by atoms with Crippen LogP contribution in [0.2, 0.25) is 0 Å². The van der Waals surface area contributed by atoms with Gasteiger partial charge in [-0.1, -0.05) is 72.1 Å². The maximum Gasteiger partial charge on any atom is 0.326 e. The Hall–Kier alpha value is -2.90. The molecule has 0 heterocycles. The van der Waals surface area contributed by atoms with E-state index in [0.717, 1.165) is 25.7 Å². The minimum Gasteiger partial charge on any atom is -0.480 e. The van der Waals surface area contributed by atoms with Crippen LogP contribution in [-0.4, -0.2) is 35.1 Å².